The van der Waals surface area contributed by atoms with E-state index in [9.17, 15) is 0 Å². The van der Waals surface area contributed by atoms with E-state index in [0.29, 0.717) is 28.8 Å². The number of pyridine rings is 1. The lowest BCUT2D eigenvalue weighted by atomic mass is 10.3. The molecule has 20 heavy (non-hydrogen) atoms. The highest BCUT2D eigenvalue weighted by Crippen LogP contribution is 2.40. The Kier molecular flexibility index (Phi) is 6.18. The summed E-state index contributed by atoms with van der Waals surface area (Å²) in [6, 6.07) is 3.13. The maximum absolute atomic E-state index is 5.91. The van der Waals surface area contributed by atoms with Crippen molar-refractivity contribution in [2.75, 3.05) is 0 Å². The van der Waals surface area contributed by atoms with Crippen LogP contribution in [-0.2, 0) is 3.79 Å². The maximum atomic E-state index is 5.91. The van der Waals surface area contributed by atoms with Gasteiger partial charge in [-0.15, -0.1) is 0 Å². The summed E-state index contributed by atoms with van der Waals surface area (Å²) in [7, 11) is 0. The average molecular weight is 337 g/mol. The summed E-state index contributed by atoms with van der Waals surface area (Å²) in [4.78, 5) is 4.22. The van der Waals surface area contributed by atoms with Crippen molar-refractivity contribution in [3.63, 3.8) is 0 Å². The number of alkyl halides is 3. The molecule has 1 heterocycles. The predicted molar refractivity (Wildman–Crippen MR) is 83.6 cm³/mol. The fourth-order valence-corrected chi connectivity index (χ4v) is 1.52. The second-order valence-electron chi connectivity index (χ2n) is 4.03. The van der Waals surface area contributed by atoms with Crippen LogP contribution in [0.4, 0.5) is 0 Å². The number of allylic oxidation sites excluding steroid dienone is 4. The molecule has 110 valence electrons. The molecule has 0 radical (unpaired) electrons. The van der Waals surface area contributed by atoms with Gasteiger partial charge in [-0.25, -0.2) is 0 Å². The molecule has 3 nitrogen and oxygen atoms in total. The van der Waals surface area contributed by atoms with Crippen LogP contribution in [0, 0.1) is 0 Å². The highest BCUT2D eigenvalue weighted by atomic mass is 35.6. The number of halogens is 3. The second-order valence-corrected chi connectivity index (χ2v) is 6.31. The lowest BCUT2D eigenvalue weighted by molar-refractivity contribution is 0.376. The fourth-order valence-electron chi connectivity index (χ4n) is 1.20. The van der Waals surface area contributed by atoms with Crippen LogP contribution in [0.25, 0.3) is 0 Å². The van der Waals surface area contributed by atoms with Gasteiger partial charge in [-0.05, 0) is 39.8 Å². The molecular weight excluding hydrogens is 321 g/mol. The molecule has 0 bridgehead atoms. The largest absolute Gasteiger partial charge is 0.444 e. The minimum atomic E-state index is -1.58. The third-order valence-electron chi connectivity index (χ3n) is 2.45. The first-order valence-corrected chi connectivity index (χ1v) is 7.10. The minimum Gasteiger partial charge on any atom is -0.444 e. The molecule has 0 spiro atoms. The van der Waals surface area contributed by atoms with Crippen LogP contribution in [-0.4, -0.2) is 4.98 Å². The average Bonchev–Trinajstić information content (AvgIpc) is 2.37. The maximum Gasteiger partial charge on any atom is 0.222 e. The van der Waals surface area contributed by atoms with Crippen LogP contribution in [0.3, 0.4) is 0 Å². The van der Waals surface area contributed by atoms with Gasteiger partial charge < -0.3 is 9.47 Å². The minimum absolute atomic E-state index is 0.309. The smallest absolute Gasteiger partial charge is 0.222 e. The highest BCUT2D eigenvalue weighted by Gasteiger charge is 2.25. The van der Waals surface area contributed by atoms with Crippen molar-refractivity contribution in [1.82, 2.24) is 4.98 Å². The molecule has 0 aromatic carbocycles. The van der Waals surface area contributed by atoms with E-state index in [-0.39, 0.29) is 0 Å². The lowest BCUT2D eigenvalue weighted by Gasteiger charge is -2.15. The summed E-state index contributed by atoms with van der Waals surface area (Å²) in [5.41, 5.74) is 0.426. The molecular formula is C14H16Cl3NO2. The van der Waals surface area contributed by atoms with Crippen LogP contribution < -0.4 is 9.47 Å². The van der Waals surface area contributed by atoms with Gasteiger partial charge in [0.2, 0.25) is 15.6 Å². The molecule has 6 heteroatoms. The van der Waals surface area contributed by atoms with E-state index in [1.165, 1.54) is 0 Å². The normalized spacial score (nSPS) is 13.3. The highest BCUT2D eigenvalue weighted by molar-refractivity contribution is 6.66. The zero-order valence-electron chi connectivity index (χ0n) is 11.7. The van der Waals surface area contributed by atoms with Gasteiger partial charge in [-0.2, -0.15) is 4.98 Å². The number of aromatic nitrogens is 1. The molecule has 0 fully saturated rings. The van der Waals surface area contributed by atoms with Crippen LogP contribution in [0.1, 0.15) is 33.3 Å². The van der Waals surface area contributed by atoms with Crippen molar-refractivity contribution >= 4 is 34.8 Å². The van der Waals surface area contributed by atoms with Crippen molar-refractivity contribution in [3.8, 4) is 11.8 Å². The number of nitrogens with zero attached hydrogens (tertiary/aromatic N) is 1. The summed E-state index contributed by atoms with van der Waals surface area (Å²) >= 11 is 17.7. The first-order chi connectivity index (χ1) is 9.26. The van der Waals surface area contributed by atoms with Crippen LogP contribution in [0.5, 0.6) is 11.8 Å². The molecule has 0 saturated carbocycles. The Morgan fingerprint density at radius 2 is 1.40 bits per heavy atom. The Hall–Kier alpha value is -0.900. The van der Waals surface area contributed by atoms with E-state index in [1.54, 1.807) is 38.1 Å². The van der Waals surface area contributed by atoms with E-state index in [1.807, 2.05) is 13.8 Å². The predicted octanol–water partition coefficient (Wildman–Crippen LogP) is 5.51. The monoisotopic (exact) mass is 335 g/mol. The standard InChI is InChI=1S/C14H16Cl3NO2/c1-5-9(3)19-12-7-11(14(15,16)17)8-13(18-12)20-10(4)6-2/h5-8H,1-4H3. The van der Waals surface area contributed by atoms with Crippen molar-refractivity contribution in [1.29, 1.82) is 0 Å². The van der Waals surface area contributed by atoms with Gasteiger partial charge in [-0.1, -0.05) is 34.8 Å². The molecule has 0 atom stereocenters. The number of rotatable bonds is 4. The lowest BCUT2D eigenvalue weighted by Crippen LogP contribution is -2.05. The van der Waals surface area contributed by atoms with Crippen LogP contribution in [0.15, 0.2) is 35.8 Å². The molecule has 1 rings (SSSR count). The third-order valence-corrected chi connectivity index (χ3v) is 3.10. The van der Waals surface area contributed by atoms with Gasteiger partial charge in [0.25, 0.3) is 0 Å². The molecule has 0 aliphatic carbocycles. The van der Waals surface area contributed by atoms with E-state index in [4.69, 9.17) is 44.3 Å². The number of hydrogen-bond acceptors (Lipinski definition) is 3. The Morgan fingerprint density at radius 3 is 1.70 bits per heavy atom. The van der Waals surface area contributed by atoms with E-state index in [0.717, 1.165) is 0 Å². The first-order valence-electron chi connectivity index (χ1n) is 5.97. The Bertz CT molecular complexity index is 495. The molecule has 0 aliphatic heterocycles. The molecule has 0 N–H and O–H groups in total. The molecule has 0 unspecified atom stereocenters. The van der Waals surface area contributed by atoms with Crippen LogP contribution >= 0.6 is 34.8 Å². The quantitative estimate of drug-likeness (QED) is 0.536. The Labute approximate surface area is 134 Å². The van der Waals surface area contributed by atoms with Gasteiger partial charge in [0.1, 0.15) is 0 Å². The van der Waals surface area contributed by atoms with Crippen molar-refractivity contribution in [3.05, 3.63) is 41.4 Å². The summed E-state index contributed by atoms with van der Waals surface area (Å²) in [6.07, 6.45) is 3.61. The summed E-state index contributed by atoms with van der Waals surface area (Å²) in [5, 5.41) is 0. The number of ether oxygens (including phenoxy) is 2. The van der Waals surface area contributed by atoms with Crippen molar-refractivity contribution < 1.29 is 9.47 Å². The van der Waals surface area contributed by atoms with E-state index < -0.39 is 3.79 Å². The van der Waals surface area contributed by atoms with E-state index >= 15 is 0 Å². The molecule has 0 amide bonds. The molecule has 0 aliphatic rings. The zero-order valence-corrected chi connectivity index (χ0v) is 14.0. The zero-order chi connectivity index (χ0) is 15.3. The first kappa shape index (κ1) is 17.2. The Balaban J connectivity index is 3.21. The van der Waals surface area contributed by atoms with Gasteiger partial charge in [-0.3, -0.25) is 0 Å². The second kappa shape index (κ2) is 7.21. The van der Waals surface area contributed by atoms with Crippen LogP contribution in [0.2, 0.25) is 0 Å². The van der Waals surface area contributed by atoms with Crippen molar-refractivity contribution in [2.45, 2.75) is 31.5 Å². The summed E-state index contributed by atoms with van der Waals surface area (Å²) in [5.74, 6) is 1.99. The summed E-state index contributed by atoms with van der Waals surface area (Å²) < 4.78 is 9.48. The topological polar surface area (TPSA) is 31.4 Å². The summed E-state index contributed by atoms with van der Waals surface area (Å²) in [6.45, 7) is 7.33. The van der Waals surface area contributed by atoms with Crippen molar-refractivity contribution in [2.24, 2.45) is 0 Å². The number of hydrogen-bond donors (Lipinski definition) is 0. The fraction of sp³-hybridized carbons (Fsp3) is 0.357. The SMILES string of the molecule is CC=C(C)Oc1cc(C(Cl)(Cl)Cl)cc(OC(C)=CC)n1. The Morgan fingerprint density at radius 1 is 1.00 bits per heavy atom. The van der Waals surface area contributed by atoms with Gasteiger partial charge in [0, 0.05) is 17.7 Å². The molecule has 1 aromatic heterocycles. The molecule has 0 saturated heterocycles. The van der Waals surface area contributed by atoms with Gasteiger partial charge in [0.15, 0.2) is 0 Å². The van der Waals surface area contributed by atoms with Gasteiger partial charge >= 0.3 is 0 Å². The third kappa shape index (κ3) is 5.23. The van der Waals surface area contributed by atoms with E-state index in [2.05, 4.69) is 4.98 Å². The molecule has 1 aromatic rings. The van der Waals surface area contributed by atoms with Gasteiger partial charge in [0.05, 0.1) is 11.5 Å².